The number of nitrogens with zero attached hydrogens (tertiary/aromatic N) is 1. The zero-order chi connectivity index (χ0) is 27.6. The summed E-state index contributed by atoms with van der Waals surface area (Å²) in [5.41, 5.74) is 10.5. The van der Waals surface area contributed by atoms with Crippen molar-refractivity contribution in [3.05, 3.63) is 47.5 Å². The van der Waals surface area contributed by atoms with E-state index < -0.39 is 29.3 Å². The third kappa shape index (κ3) is 8.04. The van der Waals surface area contributed by atoms with Crippen LogP contribution in [0.15, 0.2) is 46.1 Å². The molecule has 6 N–H and O–H groups in total. The third-order valence-electron chi connectivity index (χ3n) is 6.90. The minimum Gasteiger partial charge on any atom is -0.469 e. The van der Waals surface area contributed by atoms with Crippen LogP contribution >= 0.6 is 0 Å². The fourth-order valence-electron chi connectivity index (χ4n) is 4.93. The van der Waals surface area contributed by atoms with E-state index in [0.29, 0.717) is 31.3 Å². The van der Waals surface area contributed by atoms with Crippen LogP contribution in [0.5, 0.6) is 0 Å². The summed E-state index contributed by atoms with van der Waals surface area (Å²) in [5, 5.41) is 14.7. The summed E-state index contributed by atoms with van der Waals surface area (Å²) in [7, 11) is 0. The molecule has 9 heteroatoms. The van der Waals surface area contributed by atoms with Gasteiger partial charge in [-0.2, -0.15) is 0 Å². The molecule has 0 fully saturated rings. The van der Waals surface area contributed by atoms with Crippen LogP contribution in [0.25, 0.3) is 0 Å². The van der Waals surface area contributed by atoms with E-state index in [1.165, 1.54) is 18.4 Å². The molecule has 206 valence electrons. The van der Waals surface area contributed by atoms with Gasteiger partial charge in [-0.25, -0.2) is 0 Å². The number of carbonyl (C=O) groups is 3. The Morgan fingerprint density at radius 3 is 2.38 bits per heavy atom. The highest BCUT2D eigenvalue weighted by atomic mass is 16.3. The van der Waals surface area contributed by atoms with Crippen molar-refractivity contribution in [2.45, 2.75) is 65.9 Å². The number of aliphatic hydroxyl groups excluding tert-OH is 1. The van der Waals surface area contributed by atoms with Gasteiger partial charge in [0.2, 0.25) is 17.7 Å². The minimum atomic E-state index is -1.53. The molecule has 1 aliphatic rings. The number of amides is 3. The van der Waals surface area contributed by atoms with Crippen molar-refractivity contribution < 1.29 is 23.9 Å². The fourth-order valence-corrected chi connectivity index (χ4v) is 4.93. The molecule has 1 heterocycles. The maximum absolute atomic E-state index is 13.6. The predicted octanol–water partition coefficient (Wildman–Crippen LogP) is 2.30. The molecule has 3 amide bonds. The average Bonchev–Trinajstić information content (AvgIpc) is 3.37. The lowest BCUT2D eigenvalue weighted by Crippen LogP contribution is -2.52. The lowest BCUT2D eigenvalue weighted by Gasteiger charge is -2.41. The van der Waals surface area contributed by atoms with Crippen LogP contribution < -0.4 is 16.8 Å². The first kappa shape index (κ1) is 30.3. The average molecular weight is 517 g/mol. The van der Waals surface area contributed by atoms with Gasteiger partial charge in [0.05, 0.1) is 17.8 Å². The van der Waals surface area contributed by atoms with E-state index in [0.717, 1.165) is 19.3 Å². The van der Waals surface area contributed by atoms with Gasteiger partial charge in [0.15, 0.2) is 0 Å². The number of rotatable bonds is 16. The van der Waals surface area contributed by atoms with Gasteiger partial charge < -0.3 is 31.2 Å². The van der Waals surface area contributed by atoms with Crippen molar-refractivity contribution in [1.29, 1.82) is 0 Å². The van der Waals surface area contributed by atoms with Gasteiger partial charge in [0, 0.05) is 43.1 Å². The first-order chi connectivity index (χ1) is 17.5. The topological polar surface area (TPSA) is 152 Å². The van der Waals surface area contributed by atoms with Crippen molar-refractivity contribution in [2.75, 3.05) is 26.2 Å². The van der Waals surface area contributed by atoms with E-state index in [-0.39, 0.29) is 36.4 Å². The van der Waals surface area contributed by atoms with Gasteiger partial charge in [-0.05, 0) is 56.4 Å². The van der Waals surface area contributed by atoms with Gasteiger partial charge in [0.1, 0.15) is 5.76 Å². The second kappa shape index (κ2) is 14.1. The summed E-state index contributed by atoms with van der Waals surface area (Å²) in [4.78, 5) is 40.9. The first-order valence-electron chi connectivity index (χ1n) is 13.3. The highest BCUT2D eigenvalue weighted by Gasteiger charge is 2.49. The molecule has 0 radical (unpaired) electrons. The summed E-state index contributed by atoms with van der Waals surface area (Å²) >= 11 is 0. The van der Waals surface area contributed by atoms with Crippen LogP contribution in [0.1, 0.15) is 59.1 Å². The molecular formula is C28H44N4O5. The Morgan fingerprint density at radius 2 is 1.86 bits per heavy atom. The zero-order valence-corrected chi connectivity index (χ0v) is 22.7. The minimum absolute atomic E-state index is 0.0331. The molecule has 0 aliphatic heterocycles. The highest BCUT2D eigenvalue weighted by molar-refractivity contribution is 6.03. The van der Waals surface area contributed by atoms with Crippen molar-refractivity contribution in [3.8, 4) is 0 Å². The third-order valence-corrected chi connectivity index (χ3v) is 6.90. The van der Waals surface area contributed by atoms with Crippen molar-refractivity contribution in [1.82, 2.24) is 10.2 Å². The van der Waals surface area contributed by atoms with Gasteiger partial charge in [-0.3, -0.25) is 14.4 Å². The number of carbonyl (C=O) groups excluding carboxylic acids is 3. The lowest BCUT2D eigenvalue weighted by molar-refractivity contribution is -0.132. The van der Waals surface area contributed by atoms with Gasteiger partial charge in [0.25, 0.3) is 0 Å². The Morgan fingerprint density at radius 1 is 1.19 bits per heavy atom. The number of nitrogens with one attached hydrogen (secondary N) is 1. The van der Waals surface area contributed by atoms with Gasteiger partial charge in [-0.15, -0.1) is 0 Å². The van der Waals surface area contributed by atoms with E-state index in [4.69, 9.17) is 15.9 Å². The Balaban J connectivity index is 2.52. The molecule has 3 atom stereocenters. The second-order valence-corrected chi connectivity index (χ2v) is 10.4. The van der Waals surface area contributed by atoms with Crippen molar-refractivity contribution in [2.24, 2.45) is 28.7 Å². The fraction of sp³-hybridized carbons (Fsp3) is 0.607. The molecule has 1 aliphatic carbocycles. The monoisotopic (exact) mass is 516 g/mol. The number of aliphatic hydroxyl groups is 1. The smallest absolute Gasteiger partial charge is 0.249 e. The summed E-state index contributed by atoms with van der Waals surface area (Å²) in [6.07, 6.45) is 5.99. The van der Waals surface area contributed by atoms with Gasteiger partial charge >= 0.3 is 0 Å². The van der Waals surface area contributed by atoms with Crippen LogP contribution in [0.3, 0.4) is 0 Å². The molecule has 9 nitrogen and oxygen atoms in total. The molecule has 1 aromatic rings. The summed E-state index contributed by atoms with van der Waals surface area (Å²) in [5.74, 6) is -1.49. The SMILES string of the molecule is CCCN(CCC)C(=O)C1=CC(C(N)=O)=CC(C(N)=O)([C@H](Cc2ccco2)[C@@H](O)CNCCC(C)C)C1. The molecule has 1 unspecified atom stereocenters. The van der Waals surface area contributed by atoms with Crippen LogP contribution in [0.4, 0.5) is 0 Å². The van der Waals surface area contributed by atoms with Crippen LogP contribution in [-0.2, 0) is 20.8 Å². The number of furan rings is 1. The maximum Gasteiger partial charge on any atom is 0.249 e. The number of primary amides is 2. The van der Waals surface area contributed by atoms with Crippen LogP contribution in [-0.4, -0.2) is 60.0 Å². The number of nitrogens with two attached hydrogens (primary N) is 2. The maximum atomic E-state index is 13.6. The number of hydrogen-bond acceptors (Lipinski definition) is 6. The molecule has 0 saturated carbocycles. The van der Waals surface area contributed by atoms with E-state index in [2.05, 4.69) is 19.2 Å². The Kier molecular flexibility index (Phi) is 11.6. The normalized spacial score (nSPS) is 19.2. The molecule has 0 aromatic carbocycles. The van der Waals surface area contributed by atoms with Crippen LogP contribution in [0.2, 0.25) is 0 Å². The predicted molar refractivity (Wildman–Crippen MR) is 143 cm³/mol. The van der Waals surface area contributed by atoms with Crippen LogP contribution in [0, 0.1) is 17.3 Å². The quantitative estimate of drug-likeness (QED) is 0.247. The Labute approximate surface area is 220 Å². The van der Waals surface area contributed by atoms with E-state index >= 15 is 0 Å². The van der Waals surface area contributed by atoms with E-state index in [1.807, 2.05) is 13.8 Å². The largest absolute Gasteiger partial charge is 0.469 e. The van der Waals surface area contributed by atoms with Crippen molar-refractivity contribution in [3.63, 3.8) is 0 Å². The molecule has 0 saturated heterocycles. The summed E-state index contributed by atoms with van der Waals surface area (Å²) in [6, 6.07) is 3.48. The molecule has 37 heavy (non-hydrogen) atoms. The highest BCUT2D eigenvalue weighted by Crippen LogP contribution is 2.44. The Bertz CT molecular complexity index is 963. The second-order valence-electron chi connectivity index (χ2n) is 10.4. The summed E-state index contributed by atoms with van der Waals surface area (Å²) < 4.78 is 5.55. The lowest BCUT2D eigenvalue weighted by atomic mass is 9.63. The Hall–Kier alpha value is -2.91. The number of hydrogen-bond donors (Lipinski definition) is 4. The standard InChI is InChI=1S/C28H44N4O5/c1-5-11-32(12-6-2)26(35)21-14-20(25(29)34)16-28(17-21,27(30)36)23(15-22-8-7-13-37-22)24(33)18-31-10-9-19(3)4/h7-8,13-14,16,19,23-24,31,33H,5-6,9-12,15,17-18H2,1-4H3,(H2,29,34)(H2,30,36)/t23-,24+,28?/m1/s1. The van der Waals surface area contributed by atoms with Crippen molar-refractivity contribution >= 4 is 17.7 Å². The summed E-state index contributed by atoms with van der Waals surface area (Å²) in [6.45, 7) is 10.2. The van der Waals surface area contributed by atoms with Gasteiger partial charge in [-0.1, -0.05) is 33.8 Å². The molecule has 1 aromatic heterocycles. The van der Waals surface area contributed by atoms with E-state index in [1.54, 1.807) is 17.0 Å². The molecule has 2 rings (SSSR count). The molecular weight excluding hydrogens is 472 g/mol. The van der Waals surface area contributed by atoms with E-state index in [9.17, 15) is 19.5 Å². The first-order valence-corrected chi connectivity index (χ1v) is 13.3. The molecule has 0 spiro atoms. The zero-order valence-electron chi connectivity index (χ0n) is 22.7. The molecule has 0 bridgehead atoms.